The van der Waals surface area contributed by atoms with Gasteiger partial charge in [-0.3, -0.25) is 4.79 Å². The first kappa shape index (κ1) is 10.9. The highest BCUT2D eigenvalue weighted by Crippen LogP contribution is 2.13. The molecule has 0 bridgehead atoms. The van der Waals surface area contributed by atoms with Crippen LogP contribution in [-0.2, 0) is 4.79 Å². The maximum absolute atomic E-state index is 10.0. The molecule has 0 radical (unpaired) electrons. The molecular formula is C9H13IO. The summed E-state index contributed by atoms with van der Waals surface area (Å²) in [4.78, 5) is 10.0. The van der Waals surface area contributed by atoms with Gasteiger partial charge >= 0.3 is 0 Å². The minimum Gasteiger partial charge on any atom is -0.299 e. The SMILES string of the molecule is CC(C)=CCC/C(I)=C/C=O. The van der Waals surface area contributed by atoms with Gasteiger partial charge in [0.25, 0.3) is 0 Å². The van der Waals surface area contributed by atoms with Crippen LogP contribution in [-0.4, -0.2) is 6.29 Å². The van der Waals surface area contributed by atoms with Crippen LogP contribution in [0.4, 0.5) is 0 Å². The molecule has 0 heterocycles. The Bertz CT molecular complexity index is 176. The second-order valence-electron chi connectivity index (χ2n) is 2.57. The molecule has 0 amide bonds. The predicted octanol–water partition coefficient (Wildman–Crippen LogP) is 3.25. The number of carbonyl (C=O) groups is 1. The summed E-state index contributed by atoms with van der Waals surface area (Å²) in [5.74, 6) is 0. The maximum Gasteiger partial charge on any atom is 0.143 e. The van der Waals surface area contributed by atoms with E-state index in [1.807, 2.05) is 0 Å². The molecule has 0 N–H and O–H groups in total. The number of rotatable bonds is 4. The topological polar surface area (TPSA) is 17.1 Å². The third-order valence-electron chi connectivity index (χ3n) is 1.18. The Labute approximate surface area is 81.7 Å². The third-order valence-corrected chi connectivity index (χ3v) is 2.08. The Kier molecular flexibility index (Phi) is 6.51. The Hall–Kier alpha value is -0.120. The van der Waals surface area contributed by atoms with Gasteiger partial charge in [-0.2, -0.15) is 0 Å². The van der Waals surface area contributed by atoms with E-state index < -0.39 is 0 Å². The number of carbonyl (C=O) groups excluding carboxylic acids is 1. The molecule has 0 fully saturated rings. The number of hydrogen-bond donors (Lipinski definition) is 0. The summed E-state index contributed by atoms with van der Waals surface area (Å²) in [6.07, 6.45) is 6.64. The minimum atomic E-state index is 0.838. The van der Waals surface area contributed by atoms with Crippen molar-refractivity contribution in [1.29, 1.82) is 0 Å². The van der Waals surface area contributed by atoms with Gasteiger partial charge in [0.15, 0.2) is 0 Å². The molecule has 2 heteroatoms. The molecule has 1 nitrogen and oxygen atoms in total. The van der Waals surface area contributed by atoms with E-state index in [9.17, 15) is 4.79 Å². The lowest BCUT2D eigenvalue weighted by Crippen LogP contribution is -1.74. The van der Waals surface area contributed by atoms with Gasteiger partial charge in [0.2, 0.25) is 0 Å². The fourth-order valence-electron chi connectivity index (χ4n) is 0.656. The van der Waals surface area contributed by atoms with Gasteiger partial charge in [-0.25, -0.2) is 0 Å². The Morgan fingerprint density at radius 3 is 2.55 bits per heavy atom. The molecule has 0 aliphatic rings. The summed E-state index contributed by atoms with van der Waals surface area (Å²) in [7, 11) is 0. The number of hydrogen-bond acceptors (Lipinski definition) is 1. The molecule has 0 aliphatic heterocycles. The van der Waals surface area contributed by atoms with Crippen LogP contribution >= 0.6 is 22.6 Å². The minimum absolute atomic E-state index is 0.838. The summed E-state index contributed by atoms with van der Waals surface area (Å²) in [6, 6.07) is 0. The zero-order valence-electron chi connectivity index (χ0n) is 6.93. The van der Waals surface area contributed by atoms with Gasteiger partial charge in [-0.05, 0) is 58.9 Å². The predicted molar refractivity (Wildman–Crippen MR) is 56.8 cm³/mol. The first-order valence-corrected chi connectivity index (χ1v) is 4.68. The Balaban J connectivity index is 3.63. The van der Waals surface area contributed by atoms with Crippen molar-refractivity contribution >= 4 is 28.9 Å². The molecule has 0 saturated heterocycles. The number of allylic oxidation sites excluding steroid dienone is 4. The lowest BCUT2D eigenvalue weighted by Gasteiger charge is -1.93. The van der Waals surface area contributed by atoms with Crippen molar-refractivity contribution in [1.82, 2.24) is 0 Å². The first-order valence-electron chi connectivity index (χ1n) is 3.60. The van der Waals surface area contributed by atoms with Crippen molar-refractivity contribution in [2.75, 3.05) is 0 Å². The van der Waals surface area contributed by atoms with Gasteiger partial charge in [-0.1, -0.05) is 11.6 Å². The Morgan fingerprint density at radius 1 is 1.45 bits per heavy atom. The van der Waals surface area contributed by atoms with Crippen LogP contribution < -0.4 is 0 Å². The molecule has 0 aromatic carbocycles. The van der Waals surface area contributed by atoms with Gasteiger partial charge in [0, 0.05) is 0 Å². The van der Waals surface area contributed by atoms with Crippen LogP contribution in [0.1, 0.15) is 26.7 Å². The summed E-state index contributed by atoms with van der Waals surface area (Å²) in [5, 5.41) is 0. The van der Waals surface area contributed by atoms with Crippen molar-refractivity contribution in [3.63, 3.8) is 0 Å². The Morgan fingerprint density at radius 2 is 2.09 bits per heavy atom. The summed E-state index contributed by atoms with van der Waals surface area (Å²) < 4.78 is 1.12. The van der Waals surface area contributed by atoms with E-state index in [0.717, 1.165) is 22.7 Å². The summed E-state index contributed by atoms with van der Waals surface area (Å²) in [5.41, 5.74) is 1.33. The van der Waals surface area contributed by atoms with Crippen molar-refractivity contribution < 1.29 is 4.79 Å². The molecular weight excluding hydrogens is 251 g/mol. The van der Waals surface area contributed by atoms with Crippen LogP contribution in [0.25, 0.3) is 0 Å². The highest BCUT2D eigenvalue weighted by Gasteiger charge is 1.88. The highest BCUT2D eigenvalue weighted by atomic mass is 127. The second kappa shape index (κ2) is 6.58. The van der Waals surface area contributed by atoms with Crippen molar-refractivity contribution in [3.8, 4) is 0 Å². The molecule has 0 aromatic rings. The van der Waals surface area contributed by atoms with Crippen LogP contribution in [0.5, 0.6) is 0 Å². The van der Waals surface area contributed by atoms with Crippen molar-refractivity contribution in [3.05, 3.63) is 21.3 Å². The average Bonchev–Trinajstić information content (AvgIpc) is 1.87. The molecule has 0 spiro atoms. The van der Waals surface area contributed by atoms with Gasteiger partial charge in [0.1, 0.15) is 6.29 Å². The molecule has 0 atom stereocenters. The third kappa shape index (κ3) is 7.78. The summed E-state index contributed by atoms with van der Waals surface area (Å²) >= 11 is 2.19. The number of halogens is 1. The van der Waals surface area contributed by atoms with E-state index in [0.29, 0.717) is 0 Å². The fraction of sp³-hybridized carbons (Fsp3) is 0.444. The van der Waals surface area contributed by atoms with Gasteiger partial charge < -0.3 is 0 Å². The van der Waals surface area contributed by atoms with Crippen molar-refractivity contribution in [2.24, 2.45) is 0 Å². The molecule has 11 heavy (non-hydrogen) atoms. The maximum atomic E-state index is 10.0. The fourth-order valence-corrected chi connectivity index (χ4v) is 1.11. The van der Waals surface area contributed by atoms with Crippen LogP contribution in [0.3, 0.4) is 0 Å². The quantitative estimate of drug-likeness (QED) is 0.329. The summed E-state index contributed by atoms with van der Waals surface area (Å²) in [6.45, 7) is 4.16. The standard InChI is InChI=1S/C9H13IO/c1-8(2)4-3-5-9(10)6-7-11/h4,6-7H,3,5H2,1-2H3/b9-6-. The van der Waals surface area contributed by atoms with Crippen LogP contribution in [0.2, 0.25) is 0 Å². The monoisotopic (exact) mass is 264 g/mol. The molecule has 0 saturated carbocycles. The average molecular weight is 264 g/mol. The first-order chi connectivity index (χ1) is 5.16. The van der Waals surface area contributed by atoms with E-state index in [1.54, 1.807) is 6.08 Å². The smallest absolute Gasteiger partial charge is 0.143 e. The van der Waals surface area contributed by atoms with Gasteiger partial charge in [-0.15, -0.1) is 0 Å². The van der Waals surface area contributed by atoms with E-state index in [-0.39, 0.29) is 0 Å². The molecule has 0 rings (SSSR count). The lowest BCUT2D eigenvalue weighted by molar-refractivity contribution is -0.104. The highest BCUT2D eigenvalue weighted by molar-refractivity contribution is 14.1. The molecule has 0 aromatic heterocycles. The second-order valence-corrected chi connectivity index (χ2v) is 3.96. The van der Waals surface area contributed by atoms with E-state index in [2.05, 4.69) is 42.5 Å². The lowest BCUT2D eigenvalue weighted by atomic mass is 10.2. The van der Waals surface area contributed by atoms with Crippen molar-refractivity contribution in [2.45, 2.75) is 26.7 Å². The molecule has 0 aliphatic carbocycles. The van der Waals surface area contributed by atoms with E-state index in [1.165, 1.54) is 5.57 Å². The van der Waals surface area contributed by atoms with E-state index in [4.69, 9.17) is 0 Å². The van der Waals surface area contributed by atoms with E-state index >= 15 is 0 Å². The van der Waals surface area contributed by atoms with Crippen LogP contribution in [0, 0.1) is 0 Å². The van der Waals surface area contributed by atoms with Crippen LogP contribution in [0.15, 0.2) is 21.3 Å². The zero-order valence-corrected chi connectivity index (χ0v) is 9.09. The molecule has 0 unspecified atom stereocenters. The number of aldehydes is 1. The van der Waals surface area contributed by atoms with Gasteiger partial charge in [0.05, 0.1) is 0 Å². The normalized spacial score (nSPS) is 11.0. The zero-order chi connectivity index (χ0) is 8.69. The molecule has 62 valence electrons. The largest absolute Gasteiger partial charge is 0.299 e.